The van der Waals surface area contributed by atoms with Crippen molar-refractivity contribution in [3.8, 4) is 5.75 Å². The lowest BCUT2D eigenvalue weighted by molar-refractivity contribution is -0.135. The largest absolute Gasteiger partial charge is 0.497 e. The average Bonchev–Trinajstić information content (AvgIpc) is 3.20. The van der Waals surface area contributed by atoms with Crippen molar-refractivity contribution >= 4 is 16.8 Å². The van der Waals surface area contributed by atoms with Crippen LogP contribution >= 0.6 is 0 Å². The van der Waals surface area contributed by atoms with E-state index in [1.54, 1.807) is 7.11 Å². The van der Waals surface area contributed by atoms with E-state index < -0.39 is 0 Å². The number of benzene rings is 2. The first-order valence-corrected chi connectivity index (χ1v) is 10.3. The summed E-state index contributed by atoms with van der Waals surface area (Å²) >= 11 is 0. The highest BCUT2D eigenvalue weighted by Gasteiger charge is 2.24. The Labute approximate surface area is 171 Å². The minimum Gasteiger partial charge on any atom is -0.497 e. The Balaban J connectivity index is 1.59. The summed E-state index contributed by atoms with van der Waals surface area (Å²) < 4.78 is 10.8. The zero-order valence-corrected chi connectivity index (χ0v) is 16.9. The van der Waals surface area contributed by atoms with Crippen molar-refractivity contribution in [3.63, 3.8) is 0 Å². The summed E-state index contributed by atoms with van der Waals surface area (Å²) in [6.45, 7) is 2.63. The molecule has 1 aliphatic heterocycles. The van der Waals surface area contributed by atoms with E-state index in [9.17, 15) is 4.79 Å². The highest BCUT2D eigenvalue weighted by molar-refractivity contribution is 5.86. The highest BCUT2D eigenvalue weighted by atomic mass is 16.5. The van der Waals surface area contributed by atoms with Crippen molar-refractivity contribution in [2.24, 2.45) is 0 Å². The maximum atomic E-state index is 13.0. The number of nitrogens with one attached hydrogen (secondary N) is 1. The molecule has 1 N–H and O–H groups in total. The van der Waals surface area contributed by atoms with Gasteiger partial charge in [0, 0.05) is 36.6 Å². The molecule has 1 unspecified atom stereocenters. The Morgan fingerprint density at radius 1 is 1.17 bits per heavy atom. The summed E-state index contributed by atoms with van der Waals surface area (Å²) in [4.78, 5) is 18.3. The molecule has 0 saturated carbocycles. The molecule has 1 amide bonds. The van der Waals surface area contributed by atoms with Gasteiger partial charge in [-0.15, -0.1) is 0 Å². The van der Waals surface area contributed by atoms with Gasteiger partial charge in [-0.2, -0.15) is 0 Å². The van der Waals surface area contributed by atoms with Crippen LogP contribution in [0, 0.1) is 0 Å². The van der Waals surface area contributed by atoms with Crippen molar-refractivity contribution < 1.29 is 14.3 Å². The Morgan fingerprint density at radius 2 is 1.97 bits per heavy atom. The van der Waals surface area contributed by atoms with Crippen LogP contribution in [0.1, 0.15) is 29.9 Å². The van der Waals surface area contributed by atoms with Crippen LogP contribution in [0.25, 0.3) is 10.9 Å². The third kappa shape index (κ3) is 4.62. The molecule has 1 aromatic heterocycles. The van der Waals surface area contributed by atoms with E-state index in [-0.39, 0.29) is 11.8 Å². The average molecular weight is 392 g/mol. The lowest BCUT2D eigenvalue weighted by Gasteiger charge is -2.28. The van der Waals surface area contributed by atoms with Crippen molar-refractivity contribution in [2.45, 2.75) is 25.2 Å². The molecule has 0 aliphatic carbocycles. The first kappa shape index (κ1) is 19.5. The van der Waals surface area contributed by atoms with Crippen molar-refractivity contribution in [3.05, 3.63) is 65.9 Å². The summed E-state index contributed by atoms with van der Waals surface area (Å²) in [7, 11) is 1.68. The number of ether oxygens (including phenoxy) is 2. The lowest BCUT2D eigenvalue weighted by Crippen LogP contribution is -2.41. The summed E-state index contributed by atoms with van der Waals surface area (Å²) in [5.74, 6) is 1.19. The van der Waals surface area contributed by atoms with Gasteiger partial charge in [0.15, 0.2) is 0 Å². The van der Waals surface area contributed by atoms with Gasteiger partial charge in [-0.1, -0.05) is 30.3 Å². The number of H-pyrrole nitrogens is 1. The van der Waals surface area contributed by atoms with Gasteiger partial charge in [-0.25, -0.2) is 0 Å². The number of amides is 1. The summed E-state index contributed by atoms with van der Waals surface area (Å²) in [5.41, 5.74) is 3.56. The number of rotatable bonds is 7. The van der Waals surface area contributed by atoms with Crippen molar-refractivity contribution in [1.82, 2.24) is 9.88 Å². The number of aryl methyl sites for hydroxylation is 1. The molecule has 3 aromatic rings. The first-order chi connectivity index (χ1) is 14.2. The van der Waals surface area contributed by atoms with Crippen LogP contribution in [-0.2, 0) is 16.0 Å². The Bertz CT molecular complexity index is 945. The van der Waals surface area contributed by atoms with Crippen LogP contribution in [0.15, 0.2) is 54.7 Å². The lowest BCUT2D eigenvalue weighted by atomic mass is 9.88. The maximum absolute atomic E-state index is 13.0. The zero-order valence-electron chi connectivity index (χ0n) is 16.9. The fourth-order valence-electron chi connectivity index (χ4n) is 4.09. The summed E-state index contributed by atoms with van der Waals surface area (Å²) in [6, 6.07) is 16.5. The van der Waals surface area contributed by atoms with E-state index in [1.807, 2.05) is 23.1 Å². The third-order valence-electron chi connectivity index (χ3n) is 5.77. The molecule has 0 spiro atoms. The zero-order chi connectivity index (χ0) is 20.1. The van der Waals surface area contributed by atoms with E-state index in [4.69, 9.17) is 9.47 Å². The fourth-order valence-corrected chi connectivity index (χ4v) is 4.09. The van der Waals surface area contributed by atoms with E-state index in [0.29, 0.717) is 32.7 Å². The number of nitrogens with zero attached hydrogens (tertiary/aromatic N) is 1. The monoisotopic (exact) mass is 392 g/mol. The van der Waals surface area contributed by atoms with Gasteiger partial charge in [-0.05, 0) is 48.1 Å². The highest BCUT2D eigenvalue weighted by Crippen LogP contribution is 2.34. The number of aromatic nitrogens is 1. The first-order valence-electron chi connectivity index (χ1n) is 10.3. The quantitative estimate of drug-likeness (QED) is 0.657. The van der Waals surface area contributed by atoms with Crippen LogP contribution in [0.2, 0.25) is 0 Å². The molecule has 5 heteroatoms. The van der Waals surface area contributed by atoms with Gasteiger partial charge in [0.1, 0.15) is 5.75 Å². The molecule has 0 radical (unpaired) electrons. The van der Waals surface area contributed by atoms with Crippen LogP contribution < -0.4 is 4.74 Å². The normalized spacial score (nSPS) is 15.4. The molecule has 2 heterocycles. The Morgan fingerprint density at radius 3 is 2.72 bits per heavy atom. The van der Waals surface area contributed by atoms with E-state index in [1.165, 1.54) is 11.1 Å². The second-order valence-corrected chi connectivity index (χ2v) is 7.57. The topological polar surface area (TPSA) is 54.6 Å². The number of fused-ring (bicyclic) bond motifs is 1. The molecule has 152 valence electrons. The number of methoxy groups -OCH3 is 1. The number of carbonyl (C=O) groups is 1. The predicted molar refractivity (Wildman–Crippen MR) is 114 cm³/mol. The van der Waals surface area contributed by atoms with Gasteiger partial charge >= 0.3 is 0 Å². The Kier molecular flexibility index (Phi) is 6.15. The SMILES string of the molecule is COc1ccc2[nH]cc(C(CCc3ccccc3)CC(=O)N3CCOCC3)c2c1. The predicted octanol–water partition coefficient (Wildman–Crippen LogP) is 4.14. The van der Waals surface area contributed by atoms with Gasteiger partial charge < -0.3 is 19.4 Å². The van der Waals surface area contributed by atoms with Gasteiger partial charge in [-0.3, -0.25) is 4.79 Å². The summed E-state index contributed by atoms with van der Waals surface area (Å²) in [6.07, 6.45) is 4.44. The van der Waals surface area contributed by atoms with Crippen LogP contribution in [0.3, 0.4) is 0 Å². The third-order valence-corrected chi connectivity index (χ3v) is 5.77. The molecule has 1 atom stereocenters. The number of morpholine rings is 1. The van der Waals surface area contributed by atoms with Crippen LogP contribution in [0.4, 0.5) is 0 Å². The summed E-state index contributed by atoms with van der Waals surface area (Å²) in [5, 5.41) is 1.14. The number of hydrogen-bond donors (Lipinski definition) is 1. The standard InChI is InChI=1S/C24H28N2O3/c1-28-20-9-10-23-21(16-20)22(17-25-23)19(8-7-18-5-3-2-4-6-18)15-24(27)26-11-13-29-14-12-26/h2-6,9-10,16-17,19,25H,7-8,11-15H2,1H3. The second kappa shape index (κ2) is 9.14. The smallest absolute Gasteiger partial charge is 0.223 e. The second-order valence-electron chi connectivity index (χ2n) is 7.57. The number of hydrogen-bond acceptors (Lipinski definition) is 3. The molecule has 5 nitrogen and oxygen atoms in total. The van der Waals surface area contributed by atoms with E-state index in [0.717, 1.165) is 29.5 Å². The molecular formula is C24H28N2O3. The molecule has 1 fully saturated rings. The number of aromatic amines is 1. The molecule has 29 heavy (non-hydrogen) atoms. The fraction of sp³-hybridized carbons (Fsp3) is 0.375. The molecule has 1 aliphatic rings. The molecule has 2 aromatic carbocycles. The van der Waals surface area contributed by atoms with Crippen molar-refractivity contribution in [2.75, 3.05) is 33.4 Å². The maximum Gasteiger partial charge on any atom is 0.223 e. The van der Waals surface area contributed by atoms with Crippen molar-refractivity contribution in [1.29, 1.82) is 0 Å². The Hall–Kier alpha value is -2.79. The van der Waals surface area contributed by atoms with Gasteiger partial charge in [0.05, 0.1) is 20.3 Å². The molecule has 0 bridgehead atoms. The minimum absolute atomic E-state index is 0.145. The van der Waals surface area contributed by atoms with E-state index >= 15 is 0 Å². The molecule has 1 saturated heterocycles. The number of carbonyl (C=O) groups excluding carboxylic acids is 1. The van der Waals surface area contributed by atoms with Crippen LogP contribution in [-0.4, -0.2) is 49.2 Å². The van der Waals surface area contributed by atoms with Gasteiger partial charge in [0.2, 0.25) is 5.91 Å². The molecule has 4 rings (SSSR count). The molecular weight excluding hydrogens is 364 g/mol. The minimum atomic E-state index is 0.145. The van der Waals surface area contributed by atoms with E-state index in [2.05, 4.69) is 41.5 Å². The van der Waals surface area contributed by atoms with Crippen LogP contribution in [0.5, 0.6) is 5.75 Å². The van der Waals surface area contributed by atoms with Gasteiger partial charge in [0.25, 0.3) is 0 Å².